The second-order valence-electron chi connectivity index (χ2n) is 4.69. The smallest absolute Gasteiger partial charge is 0.222 e. The van der Waals surface area contributed by atoms with Crippen molar-refractivity contribution < 1.29 is 9.59 Å². The van der Waals surface area contributed by atoms with Crippen molar-refractivity contribution in [3.05, 3.63) is 0 Å². The fourth-order valence-corrected chi connectivity index (χ4v) is 1.56. The molecule has 3 N–H and O–H groups in total. The Hall–Kier alpha value is -0.810. The van der Waals surface area contributed by atoms with Crippen molar-refractivity contribution in [1.29, 1.82) is 0 Å². The molecule has 0 aromatic carbocycles. The molecule has 0 atom stereocenters. The van der Waals surface area contributed by atoms with Gasteiger partial charge in [-0.3, -0.25) is 9.59 Å². The molecule has 0 fully saturated rings. The molecule has 0 radical (unpaired) electrons. The number of amides is 2. The minimum absolute atomic E-state index is 0. The molecule has 5 nitrogen and oxygen atoms in total. The van der Waals surface area contributed by atoms with E-state index in [1.165, 1.54) is 0 Å². The largest absolute Gasteiger partial charge is 0.356 e. The fourth-order valence-electron chi connectivity index (χ4n) is 1.56. The molecule has 0 saturated heterocycles. The highest BCUT2D eigenvalue weighted by Gasteiger charge is 2.04. The van der Waals surface area contributed by atoms with Gasteiger partial charge in [0.25, 0.3) is 0 Å². The summed E-state index contributed by atoms with van der Waals surface area (Å²) in [5, 5.41) is 2.83. The molecule has 0 aromatic heterocycles. The summed E-state index contributed by atoms with van der Waals surface area (Å²) in [6, 6.07) is 0. The molecular formula is C13H28ClN3O2. The zero-order valence-corrected chi connectivity index (χ0v) is 12.9. The van der Waals surface area contributed by atoms with Crippen molar-refractivity contribution in [2.24, 2.45) is 5.73 Å². The Morgan fingerprint density at radius 2 is 1.63 bits per heavy atom. The Kier molecular flexibility index (Phi) is 14.7. The van der Waals surface area contributed by atoms with E-state index in [1.807, 2.05) is 0 Å². The van der Waals surface area contributed by atoms with Gasteiger partial charge in [0, 0.05) is 33.5 Å². The van der Waals surface area contributed by atoms with Gasteiger partial charge in [0.05, 0.1) is 0 Å². The molecule has 0 spiro atoms. The molecule has 0 aliphatic carbocycles. The Labute approximate surface area is 122 Å². The summed E-state index contributed by atoms with van der Waals surface area (Å²) in [5.41, 5.74) is 5.39. The number of carbonyl (C=O) groups is 2. The topological polar surface area (TPSA) is 75.4 Å². The number of rotatable bonds is 10. The van der Waals surface area contributed by atoms with Gasteiger partial charge in [-0.05, 0) is 25.8 Å². The van der Waals surface area contributed by atoms with Crippen molar-refractivity contribution in [1.82, 2.24) is 10.2 Å². The fraction of sp³-hybridized carbons (Fsp3) is 0.846. The molecule has 0 unspecified atom stereocenters. The molecule has 0 bridgehead atoms. The van der Waals surface area contributed by atoms with Crippen LogP contribution in [0.2, 0.25) is 0 Å². The number of carbonyl (C=O) groups excluding carboxylic acids is 2. The summed E-state index contributed by atoms with van der Waals surface area (Å²) in [6.45, 7) is 1.31. The van der Waals surface area contributed by atoms with Crippen LogP contribution >= 0.6 is 12.4 Å². The van der Waals surface area contributed by atoms with E-state index in [0.29, 0.717) is 25.8 Å². The van der Waals surface area contributed by atoms with Crippen LogP contribution in [0.3, 0.4) is 0 Å². The zero-order valence-electron chi connectivity index (χ0n) is 12.1. The summed E-state index contributed by atoms with van der Waals surface area (Å²) in [4.78, 5) is 24.3. The number of hydrogen-bond donors (Lipinski definition) is 2. The van der Waals surface area contributed by atoms with Gasteiger partial charge in [0.1, 0.15) is 0 Å². The van der Waals surface area contributed by atoms with Crippen molar-refractivity contribution in [3.8, 4) is 0 Å². The van der Waals surface area contributed by atoms with Crippen LogP contribution in [0.25, 0.3) is 0 Å². The first kappa shape index (κ1) is 20.5. The summed E-state index contributed by atoms with van der Waals surface area (Å²) in [7, 11) is 3.48. The van der Waals surface area contributed by atoms with Gasteiger partial charge in [0.15, 0.2) is 0 Å². The van der Waals surface area contributed by atoms with Gasteiger partial charge >= 0.3 is 0 Å². The van der Waals surface area contributed by atoms with E-state index in [0.717, 1.165) is 32.2 Å². The second kappa shape index (κ2) is 13.6. The van der Waals surface area contributed by atoms with Crippen molar-refractivity contribution in [2.45, 2.75) is 44.9 Å². The standard InChI is InChI=1S/C13H27N3O2.ClH/c1-16(2)13(18)9-7-11-15-12(17)8-5-3-4-6-10-14;/h3-11,14H2,1-2H3,(H,15,17);1H. The third kappa shape index (κ3) is 13.4. The highest BCUT2D eigenvalue weighted by atomic mass is 35.5. The van der Waals surface area contributed by atoms with Crippen LogP contribution in [0.5, 0.6) is 0 Å². The van der Waals surface area contributed by atoms with Crippen LogP contribution < -0.4 is 11.1 Å². The Morgan fingerprint density at radius 1 is 1.00 bits per heavy atom. The van der Waals surface area contributed by atoms with Gasteiger partial charge < -0.3 is 16.0 Å². The van der Waals surface area contributed by atoms with Crippen LogP contribution in [0.4, 0.5) is 0 Å². The highest BCUT2D eigenvalue weighted by Crippen LogP contribution is 2.02. The van der Waals surface area contributed by atoms with Gasteiger partial charge in [-0.25, -0.2) is 0 Å². The third-order valence-electron chi connectivity index (χ3n) is 2.75. The van der Waals surface area contributed by atoms with Crippen molar-refractivity contribution in [2.75, 3.05) is 27.2 Å². The van der Waals surface area contributed by atoms with Gasteiger partial charge in [-0.15, -0.1) is 12.4 Å². The Balaban J connectivity index is 0. The third-order valence-corrected chi connectivity index (χ3v) is 2.75. The minimum Gasteiger partial charge on any atom is -0.356 e. The maximum Gasteiger partial charge on any atom is 0.222 e. The molecular weight excluding hydrogens is 266 g/mol. The van der Waals surface area contributed by atoms with E-state index < -0.39 is 0 Å². The molecule has 0 aromatic rings. The first-order valence-corrected chi connectivity index (χ1v) is 6.75. The molecule has 19 heavy (non-hydrogen) atoms. The summed E-state index contributed by atoms with van der Waals surface area (Å²) in [6.07, 6.45) is 5.88. The van der Waals surface area contributed by atoms with Crippen LogP contribution in [-0.4, -0.2) is 43.9 Å². The van der Waals surface area contributed by atoms with Gasteiger partial charge in [-0.1, -0.05) is 12.8 Å². The first-order valence-electron chi connectivity index (χ1n) is 6.75. The van der Waals surface area contributed by atoms with Gasteiger partial charge in [0.2, 0.25) is 11.8 Å². The lowest BCUT2D eigenvalue weighted by Crippen LogP contribution is -2.26. The summed E-state index contributed by atoms with van der Waals surface area (Å²) >= 11 is 0. The molecule has 0 aliphatic rings. The van der Waals surface area contributed by atoms with Crippen LogP contribution in [-0.2, 0) is 9.59 Å². The van der Waals surface area contributed by atoms with Crippen molar-refractivity contribution >= 4 is 24.2 Å². The monoisotopic (exact) mass is 293 g/mol. The van der Waals surface area contributed by atoms with E-state index in [4.69, 9.17) is 5.73 Å². The molecule has 0 heterocycles. The van der Waals surface area contributed by atoms with E-state index in [9.17, 15) is 9.59 Å². The number of halogens is 1. The average Bonchev–Trinajstić information content (AvgIpc) is 2.34. The lowest BCUT2D eigenvalue weighted by atomic mass is 10.1. The molecule has 114 valence electrons. The van der Waals surface area contributed by atoms with Gasteiger partial charge in [-0.2, -0.15) is 0 Å². The molecule has 0 rings (SSSR count). The zero-order chi connectivity index (χ0) is 13.8. The summed E-state index contributed by atoms with van der Waals surface area (Å²) < 4.78 is 0. The molecule has 6 heteroatoms. The lowest BCUT2D eigenvalue weighted by Gasteiger charge is -2.10. The van der Waals surface area contributed by atoms with E-state index in [2.05, 4.69) is 5.32 Å². The van der Waals surface area contributed by atoms with E-state index >= 15 is 0 Å². The molecule has 0 saturated carbocycles. The van der Waals surface area contributed by atoms with E-state index in [-0.39, 0.29) is 24.2 Å². The summed E-state index contributed by atoms with van der Waals surface area (Å²) in [5.74, 6) is 0.186. The number of unbranched alkanes of at least 4 members (excludes halogenated alkanes) is 3. The van der Waals surface area contributed by atoms with Crippen molar-refractivity contribution in [3.63, 3.8) is 0 Å². The lowest BCUT2D eigenvalue weighted by molar-refractivity contribution is -0.129. The van der Waals surface area contributed by atoms with Crippen LogP contribution in [0.1, 0.15) is 44.9 Å². The molecule has 0 aliphatic heterocycles. The highest BCUT2D eigenvalue weighted by molar-refractivity contribution is 5.85. The number of hydrogen-bond acceptors (Lipinski definition) is 3. The number of nitrogens with one attached hydrogen (secondary N) is 1. The normalized spacial score (nSPS) is 9.63. The maximum atomic E-state index is 11.4. The number of nitrogens with zero attached hydrogens (tertiary/aromatic N) is 1. The van der Waals surface area contributed by atoms with E-state index in [1.54, 1.807) is 19.0 Å². The van der Waals surface area contributed by atoms with Crippen LogP contribution in [0, 0.1) is 0 Å². The predicted molar refractivity (Wildman–Crippen MR) is 80.3 cm³/mol. The Morgan fingerprint density at radius 3 is 2.21 bits per heavy atom. The molecule has 2 amide bonds. The minimum atomic E-state index is 0. The number of nitrogens with two attached hydrogens (primary N) is 1. The quantitative estimate of drug-likeness (QED) is 0.596. The SMILES string of the molecule is CN(C)C(=O)CCCNC(=O)CCCCCCN.Cl. The predicted octanol–water partition coefficient (Wildman–Crippen LogP) is 1.30. The maximum absolute atomic E-state index is 11.4. The second-order valence-corrected chi connectivity index (χ2v) is 4.69. The Bertz CT molecular complexity index is 248. The average molecular weight is 294 g/mol. The first-order chi connectivity index (χ1) is 8.57. The van der Waals surface area contributed by atoms with Crippen LogP contribution in [0.15, 0.2) is 0 Å².